The van der Waals surface area contributed by atoms with Gasteiger partial charge >= 0.3 is 0 Å². The van der Waals surface area contributed by atoms with Crippen LogP contribution in [0.1, 0.15) is 15.9 Å². The normalized spacial score (nSPS) is 11.8. The van der Waals surface area contributed by atoms with Crippen molar-refractivity contribution in [2.75, 3.05) is 23.8 Å². The second-order valence-electron chi connectivity index (χ2n) is 9.10. The zero-order valence-corrected chi connectivity index (χ0v) is 23.0. The van der Waals surface area contributed by atoms with E-state index in [0.29, 0.717) is 29.6 Å². The van der Waals surface area contributed by atoms with E-state index in [1.54, 1.807) is 31.3 Å². The lowest BCUT2D eigenvalue weighted by atomic mass is 10.0. The van der Waals surface area contributed by atoms with Crippen LogP contribution in [0.3, 0.4) is 0 Å². The van der Waals surface area contributed by atoms with Crippen LogP contribution in [0.5, 0.6) is 5.75 Å². The van der Waals surface area contributed by atoms with Gasteiger partial charge in [0, 0.05) is 36.5 Å². The van der Waals surface area contributed by atoms with Gasteiger partial charge in [-0.2, -0.15) is 0 Å². The molecule has 4 aromatic rings. The maximum atomic E-state index is 13.6. The predicted molar refractivity (Wildman–Crippen MR) is 151 cm³/mol. The molecule has 0 bridgehead atoms. The highest BCUT2D eigenvalue weighted by atomic mass is 32.2. The summed E-state index contributed by atoms with van der Waals surface area (Å²) in [6, 6.07) is 22.5. The first-order valence-corrected chi connectivity index (χ1v) is 13.9. The van der Waals surface area contributed by atoms with Gasteiger partial charge in [0.25, 0.3) is 15.9 Å². The van der Waals surface area contributed by atoms with Gasteiger partial charge in [-0.25, -0.2) is 17.2 Å². The largest absolute Gasteiger partial charge is 0.497 e. The van der Waals surface area contributed by atoms with Crippen molar-refractivity contribution in [3.05, 3.63) is 120 Å². The predicted octanol–water partition coefficient (Wildman–Crippen LogP) is 4.78. The van der Waals surface area contributed by atoms with E-state index in [2.05, 4.69) is 10.0 Å². The Morgan fingerprint density at radius 3 is 2.17 bits per heavy atom. The van der Waals surface area contributed by atoms with Gasteiger partial charge < -0.3 is 15.0 Å². The minimum absolute atomic E-state index is 0.0105. The van der Waals surface area contributed by atoms with Crippen LogP contribution >= 0.6 is 0 Å². The first kappa shape index (κ1) is 29.2. The van der Waals surface area contributed by atoms with E-state index in [-0.39, 0.29) is 23.6 Å². The third-order valence-electron chi connectivity index (χ3n) is 6.20. The van der Waals surface area contributed by atoms with E-state index in [1.807, 2.05) is 30.3 Å². The molecule has 0 spiro atoms. The molecule has 0 aromatic heterocycles. The number of anilines is 2. The highest BCUT2D eigenvalue weighted by Gasteiger charge is 2.26. The number of likely N-dealkylation sites (N-methyl/N-ethyl adjacent to an activating group) is 1. The number of carbonyl (C=O) groups excluding carboxylic acids is 2. The number of methoxy groups -OCH3 is 1. The molecule has 212 valence electrons. The highest BCUT2D eigenvalue weighted by molar-refractivity contribution is 7.92. The van der Waals surface area contributed by atoms with Crippen molar-refractivity contribution in [1.82, 2.24) is 5.32 Å². The van der Waals surface area contributed by atoms with Crippen molar-refractivity contribution in [3.8, 4) is 5.75 Å². The maximum absolute atomic E-state index is 13.6. The van der Waals surface area contributed by atoms with Crippen LogP contribution in [-0.4, -0.2) is 40.4 Å². The number of hydrogen-bond acceptors (Lipinski definition) is 5. The lowest BCUT2D eigenvalue weighted by Crippen LogP contribution is -2.48. The summed E-state index contributed by atoms with van der Waals surface area (Å²) < 4.78 is 60.0. The minimum atomic E-state index is -4.36. The standard InChI is InChI=1S/C30H27F2N3O5S/c1-35(25-11-13-26(40-2)14-12-25)30(37)28(15-20-7-4-3-5-8-20)33-29(36)21-9-6-10-24(16-21)34-41(38,39)27-18-22(31)17-23(32)19-27/h3-14,16-19,28,34H,15H2,1-2H3,(H,33,36)/t28-/m0/s1. The number of rotatable bonds is 10. The number of halogens is 2. The Morgan fingerprint density at radius 2 is 1.54 bits per heavy atom. The zero-order chi connectivity index (χ0) is 29.6. The molecule has 0 aliphatic rings. The minimum Gasteiger partial charge on any atom is -0.497 e. The highest BCUT2D eigenvalue weighted by Crippen LogP contribution is 2.21. The zero-order valence-electron chi connectivity index (χ0n) is 22.2. The van der Waals surface area contributed by atoms with Gasteiger partial charge in [0.15, 0.2) is 0 Å². The molecule has 1 atom stereocenters. The maximum Gasteiger partial charge on any atom is 0.262 e. The molecule has 2 N–H and O–H groups in total. The van der Waals surface area contributed by atoms with E-state index in [1.165, 1.54) is 36.3 Å². The molecule has 4 aromatic carbocycles. The van der Waals surface area contributed by atoms with Crippen LogP contribution in [0.15, 0.2) is 102 Å². The van der Waals surface area contributed by atoms with Crippen LogP contribution < -0.4 is 19.7 Å². The molecule has 0 aliphatic carbocycles. The lowest BCUT2D eigenvalue weighted by molar-refractivity contribution is -0.120. The van der Waals surface area contributed by atoms with Crippen molar-refractivity contribution in [2.45, 2.75) is 17.4 Å². The molecule has 0 saturated heterocycles. The summed E-state index contributed by atoms with van der Waals surface area (Å²) in [5, 5.41) is 2.76. The number of nitrogens with one attached hydrogen (secondary N) is 2. The smallest absolute Gasteiger partial charge is 0.262 e. The van der Waals surface area contributed by atoms with E-state index in [4.69, 9.17) is 4.74 Å². The molecule has 0 heterocycles. The molecule has 0 fully saturated rings. The summed E-state index contributed by atoms with van der Waals surface area (Å²) in [5.74, 6) is -2.47. The van der Waals surface area contributed by atoms with Crippen molar-refractivity contribution in [2.24, 2.45) is 0 Å². The number of hydrogen-bond donors (Lipinski definition) is 2. The van der Waals surface area contributed by atoms with Crippen molar-refractivity contribution < 1.29 is 31.5 Å². The Balaban J connectivity index is 1.56. The molecule has 0 aliphatic heterocycles. The summed E-state index contributed by atoms with van der Waals surface area (Å²) in [4.78, 5) is 27.7. The molecule has 4 rings (SSSR count). The van der Waals surface area contributed by atoms with E-state index in [0.717, 1.165) is 5.56 Å². The second-order valence-corrected chi connectivity index (χ2v) is 10.8. The van der Waals surface area contributed by atoms with Gasteiger partial charge in [0.1, 0.15) is 23.4 Å². The van der Waals surface area contributed by atoms with Crippen LogP contribution in [0, 0.1) is 11.6 Å². The molecule has 2 amide bonds. The third-order valence-corrected chi connectivity index (χ3v) is 7.56. The number of nitrogens with zero attached hydrogens (tertiary/aromatic N) is 1. The van der Waals surface area contributed by atoms with Crippen molar-refractivity contribution in [3.63, 3.8) is 0 Å². The number of amides is 2. The Kier molecular flexibility index (Phi) is 8.98. The third kappa shape index (κ3) is 7.46. The van der Waals surface area contributed by atoms with Gasteiger partial charge in [0.2, 0.25) is 5.91 Å². The second kappa shape index (κ2) is 12.6. The Bertz CT molecular complexity index is 1630. The van der Waals surface area contributed by atoms with Crippen LogP contribution in [0.25, 0.3) is 0 Å². The van der Waals surface area contributed by atoms with Crippen molar-refractivity contribution >= 4 is 33.2 Å². The molecule has 0 radical (unpaired) electrons. The number of benzene rings is 4. The van der Waals surface area contributed by atoms with Crippen LogP contribution in [0.2, 0.25) is 0 Å². The fourth-order valence-corrected chi connectivity index (χ4v) is 5.17. The monoisotopic (exact) mass is 579 g/mol. The van der Waals surface area contributed by atoms with E-state index >= 15 is 0 Å². The quantitative estimate of drug-likeness (QED) is 0.282. The Hall–Kier alpha value is -4.77. The van der Waals surface area contributed by atoms with Gasteiger partial charge in [-0.15, -0.1) is 0 Å². The first-order chi connectivity index (χ1) is 19.6. The number of ether oxygens (including phenoxy) is 1. The fraction of sp³-hybridized carbons (Fsp3) is 0.133. The topological polar surface area (TPSA) is 105 Å². The Morgan fingerprint density at radius 1 is 0.878 bits per heavy atom. The average Bonchev–Trinajstić information content (AvgIpc) is 2.96. The molecular formula is C30H27F2N3O5S. The summed E-state index contributed by atoms with van der Waals surface area (Å²) >= 11 is 0. The Labute approximate surface area is 236 Å². The molecule has 41 heavy (non-hydrogen) atoms. The summed E-state index contributed by atoms with van der Waals surface area (Å²) in [5.41, 5.74) is 1.46. The van der Waals surface area contributed by atoms with Crippen molar-refractivity contribution in [1.29, 1.82) is 0 Å². The molecule has 0 unspecified atom stereocenters. The summed E-state index contributed by atoms with van der Waals surface area (Å²) in [6.45, 7) is 0. The average molecular weight is 580 g/mol. The summed E-state index contributed by atoms with van der Waals surface area (Å²) in [6.07, 6.45) is 0.198. The molecule has 0 saturated carbocycles. The van der Waals surface area contributed by atoms with E-state index < -0.39 is 38.5 Å². The lowest BCUT2D eigenvalue weighted by Gasteiger charge is -2.25. The first-order valence-electron chi connectivity index (χ1n) is 12.4. The fourth-order valence-electron chi connectivity index (χ4n) is 4.08. The van der Waals surface area contributed by atoms with Crippen LogP contribution in [-0.2, 0) is 21.2 Å². The van der Waals surface area contributed by atoms with Gasteiger partial charge in [-0.3, -0.25) is 14.3 Å². The molecule has 8 nitrogen and oxygen atoms in total. The summed E-state index contributed by atoms with van der Waals surface area (Å²) in [7, 11) is -1.22. The number of sulfonamides is 1. The van der Waals surface area contributed by atoms with Gasteiger partial charge in [0.05, 0.1) is 12.0 Å². The van der Waals surface area contributed by atoms with Gasteiger partial charge in [-0.1, -0.05) is 36.4 Å². The molecular weight excluding hydrogens is 552 g/mol. The number of carbonyl (C=O) groups is 2. The molecule has 11 heteroatoms. The SMILES string of the molecule is COc1ccc(N(C)C(=O)[C@H](Cc2ccccc2)NC(=O)c2cccc(NS(=O)(=O)c3cc(F)cc(F)c3)c2)cc1. The van der Waals surface area contributed by atoms with Gasteiger partial charge in [-0.05, 0) is 60.2 Å². The van der Waals surface area contributed by atoms with E-state index in [9.17, 15) is 26.8 Å². The van der Waals surface area contributed by atoms with Crippen LogP contribution in [0.4, 0.5) is 20.2 Å².